The molecule has 14 heteroatoms. The number of halogens is 2. The Kier molecular flexibility index (Phi) is 14.9. The molecule has 0 spiro atoms. The summed E-state index contributed by atoms with van der Waals surface area (Å²) in [6, 6.07) is 14.0. The largest absolute Gasteiger partial charge is 0.371 e. The summed E-state index contributed by atoms with van der Waals surface area (Å²) in [6.45, 7) is 7.29. The Labute approximate surface area is 260 Å². The van der Waals surface area contributed by atoms with Crippen molar-refractivity contribution in [3.8, 4) is 11.3 Å². The summed E-state index contributed by atoms with van der Waals surface area (Å²) in [5.41, 5.74) is 5.84. The van der Waals surface area contributed by atoms with E-state index in [4.69, 9.17) is 8.37 Å². The Bertz CT molecular complexity index is 1470. The first kappa shape index (κ1) is 37.0. The lowest BCUT2D eigenvalue weighted by atomic mass is 10.1. The molecule has 1 aromatic heterocycles. The molecule has 0 atom stereocenters. The molecule has 41 heavy (non-hydrogen) atoms. The Morgan fingerprint density at radius 3 is 1.90 bits per heavy atom. The third-order valence-electron chi connectivity index (χ3n) is 5.76. The number of hydrogen-bond acceptors (Lipinski definition) is 10. The number of anilines is 1. The van der Waals surface area contributed by atoms with E-state index in [-0.39, 0.29) is 38.0 Å². The third-order valence-corrected chi connectivity index (χ3v) is 7.83. The Morgan fingerprint density at radius 1 is 0.878 bits per heavy atom. The second kappa shape index (κ2) is 16.5. The van der Waals surface area contributed by atoms with Crippen LogP contribution in [0.5, 0.6) is 0 Å². The number of aryl methyl sites for hydroxylation is 3. The Morgan fingerprint density at radius 2 is 1.44 bits per heavy atom. The first-order valence-corrected chi connectivity index (χ1v) is 16.9. The fourth-order valence-electron chi connectivity index (χ4n) is 3.95. The maximum absolute atomic E-state index is 11.3. The average Bonchev–Trinajstić information content (AvgIpc) is 3.19. The van der Waals surface area contributed by atoms with Gasteiger partial charge in [0.25, 0.3) is 20.2 Å². The van der Waals surface area contributed by atoms with Gasteiger partial charge >= 0.3 is 0 Å². The number of benzene rings is 2. The van der Waals surface area contributed by atoms with Crippen molar-refractivity contribution in [2.45, 2.75) is 33.6 Å². The Hall–Kier alpha value is -2.06. The van der Waals surface area contributed by atoms with Gasteiger partial charge in [0.1, 0.15) is 0 Å². The number of nitrogens with zero attached hydrogens (tertiary/aromatic N) is 3. The molecule has 0 aliphatic carbocycles. The van der Waals surface area contributed by atoms with Crippen molar-refractivity contribution in [2.75, 3.05) is 43.7 Å². The van der Waals surface area contributed by atoms with Crippen molar-refractivity contribution in [2.24, 2.45) is 4.99 Å². The quantitative estimate of drug-likeness (QED) is 0.119. The van der Waals surface area contributed by atoms with Gasteiger partial charge in [0.05, 0.1) is 42.1 Å². The van der Waals surface area contributed by atoms with Crippen LogP contribution in [0.15, 0.2) is 47.5 Å². The molecule has 2 aromatic carbocycles. The third kappa shape index (κ3) is 12.8. The molecule has 3 aromatic rings. The van der Waals surface area contributed by atoms with Crippen molar-refractivity contribution in [3.63, 3.8) is 0 Å². The highest BCUT2D eigenvalue weighted by atomic mass is 35.5. The van der Waals surface area contributed by atoms with Crippen molar-refractivity contribution in [3.05, 3.63) is 63.5 Å². The summed E-state index contributed by atoms with van der Waals surface area (Å²) in [5.74, 6) is 0. The molecule has 0 saturated carbocycles. The van der Waals surface area contributed by atoms with Gasteiger partial charge in [-0.3, -0.25) is 13.4 Å². The molecular formula is C27H37Cl2N3O6S3. The normalized spacial score (nSPS) is 11.7. The summed E-state index contributed by atoms with van der Waals surface area (Å²) >= 11 is 1.69. The molecule has 0 amide bonds. The molecule has 0 bridgehead atoms. The van der Waals surface area contributed by atoms with Crippen LogP contribution in [-0.4, -0.2) is 66.8 Å². The average molecular weight is 667 g/mol. The molecule has 9 nitrogen and oxygen atoms in total. The van der Waals surface area contributed by atoms with Gasteiger partial charge in [-0.2, -0.15) is 16.8 Å². The molecule has 0 aliphatic rings. The van der Waals surface area contributed by atoms with E-state index in [1.807, 2.05) is 62.5 Å². The zero-order valence-corrected chi connectivity index (χ0v) is 27.8. The topological polar surface area (TPSA) is 115 Å². The minimum absolute atomic E-state index is 0. The molecule has 3 rings (SSSR count). The van der Waals surface area contributed by atoms with Gasteiger partial charge in [-0.15, -0.1) is 36.2 Å². The lowest BCUT2D eigenvalue weighted by Gasteiger charge is -2.25. The van der Waals surface area contributed by atoms with Crippen LogP contribution in [0.25, 0.3) is 11.3 Å². The summed E-state index contributed by atoms with van der Waals surface area (Å²) in [5, 5.41) is 1.05. The number of thiazole rings is 1. The van der Waals surface area contributed by atoms with Crippen LogP contribution in [0.2, 0.25) is 0 Å². The van der Waals surface area contributed by atoms with Crippen LogP contribution < -0.4 is 4.90 Å². The van der Waals surface area contributed by atoms with Crippen LogP contribution in [-0.2, 0) is 28.6 Å². The van der Waals surface area contributed by atoms with Gasteiger partial charge in [-0.05, 0) is 69.0 Å². The van der Waals surface area contributed by atoms with E-state index in [1.165, 1.54) is 4.88 Å². The van der Waals surface area contributed by atoms with Gasteiger partial charge in [0, 0.05) is 35.4 Å². The standard InChI is InChI=1S/C27H35N3O6S3.2ClH/c1-20-18-26(30(14-6-16-35-38(4,31)32)15-7-17-36-39(5,33)34)13-10-24(20)19-28-25-11-8-23(9-12-25)27-21(2)37-22(3)29-27;;/h8-13,18-19H,6-7,14-17H2,1-5H3;2*1H. The molecule has 0 unspecified atom stereocenters. The van der Waals surface area contributed by atoms with Crippen LogP contribution in [0.3, 0.4) is 0 Å². The van der Waals surface area contributed by atoms with E-state index in [0.29, 0.717) is 25.9 Å². The molecule has 0 saturated heterocycles. The lowest BCUT2D eigenvalue weighted by Crippen LogP contribution is -2.28. The zero-order valence-electron chi connectivity index (χ0n) is 23.7. The molecule has 0 N–H and O–H groups in total. The van der Waals surface area contributed by atoms with Crippen molar-refractivity contribution in [1.82, 2.24) is 4.98 Å². The second-order valence-electron chi connectivity index (χ2n) is 9.23. The maximum atomic E-state index is 11.3. The molecular weight excluding hydrogens is 629 g/mol. The highest BCUT2D eigenvalue weighted by molar-refractivity contribution is 7.86. The zero-order chi connectivity index (χ0) is 28.6. The Balaban J connectivity index is 0.00000420. The number of aromatic nitrogens is 1. The number of hydrogen-bond donors (Lipinski definition) is 0. The van der Waals surface area contributed by atoms with Gasteiger partial charge in [-0.1, -0.05) is 18.2 Å². The van der Waals surface area contributed by atoms with E-state index < -0.39 is 20.2 Å². The molecule has 0 aliphatic heterocycles. The molecule has 1 heterocycles. The van der Waals surface area contributed by atoms with Gasteiger partial charge in [0.2, 0.25) is 0 Å². The van der Waals surface area contributed by atoms with E-state index in [1.54, 1.807) is 11.3 Å². The van der Waals surface area contributed by atoms with E-state index in [9.17, 15) is 16.8 Å². The fraction of sp³-hybridized carbons (Fsp3) is 0.407. The number of rotatable bonds is 14. The second-order valence-corrected chi connectivity index (χ2v) is 13.9. The smallest absolute Gasteiger partial charge is 0.264 e. The first-order chi connectivity index (χ1) is 18.3. The SMILES string of the molecule is Cc1nc(-c2ccc(N=Cc3ccc(N(CCCOS(C)(=O)=O)CCCOS(C)(=O)=O)cc3C)cc2)c(C)s1.Cl.Cl. The monoisotopic (exact) mass is 665 g/mol. The number of aliphatic imine (C=N–C) groups is 1. The highest BCUT2D eigenvalue weighted by Crippen LogP contribution is 2.28. The van der Waals surface area contributed by atoms with E-state index in [0.717, 1.165) is 51.3 Å². The van der Waals surface area contributed by atoms with E-state index >= 15 is 0 Å². The van der Waals surface area contributed by atoms with Crippen LogP contribution in [0.1, 0.15) is 33.9 Å². The van der Waals surface area contributed by atoms with Gasteiger partial charge in [0.15, 0.2) is 0 Å². The molecule has 0 radical (unpaired) electrons. The van der Waals surface area contributed by atoms with Gasteiger partial charge in [-0.25, -0.2) is 4.98 Å². The lowest BCUT2D eigenvalue weighted by molar-refractivity contribution is 0.310. The van der Waals surface area contributed by atoms with Crippen molar-refractivity contribution < 1.29 is 25.2 Å². The predicted octanol–water partition coefficient (Wildman–Crippen LogP) is 5.87. The van der Waals surface area contributed by atoms with Crippen molar-refractivity contribution in [1.29, 1.82) is 0 Å². The van der Waals surface area contributed by atoms with Crippen molar-refractivity contribution >= 4 is 74.0 Å². The van der Waals surface area contributed by atoms with Crippen LogP contribution >= 0.6 is 36.2 Å². The minimum Gasteiger partial charge on any atom is -0.371 e. The fourth-order valence-corrected chi connectivity index (χ4v) is 5.63. The van der Waals surface area contributed by atoms with Gasteiger partial charge < -0.3 is 4.90 Å². The van der Waals surface area contributed by atoms with Crippen LogP contribution in [0.4, 0.5) is 11.4 Å². The summed E-state index contributed by atoms with van der Waals surface area (Å²) in [4.78, 5) is 12.5. The summed E-state index contributed by atoms with van der Waals surface area (Å²) in [7, 11) is -7.01. The first-order valence-electron chi connectivity index (χ1n) is 12.4. The highest BCUT2D eigenvalue weighted by Gasteiger charge is 2.11. The minimum atomic E-state index is -3.51. The summed E-state index contributed by atoms with van der Waals surface area (Å²) in [6.07, 6.45) is 4.84. The predicted molar refractivity (Wildman–Crippen MR) is 173 cm³/mol. The molecule has 0 fully saturated rings. The maximum Gasteiger partial charge on any atom is 0.264 e. The van der Waals surface area contributed by atoms with Crippen LogP contribution in [0, 0.1) is 20.8 Å². The molecule has 228 valence electrons. The van der Waals surface area contributed by atoms with E-state index in [2.05, 4.69) is 21.8 Å². The summed E-state index contributed by atoms with van der Waals surface area (Å²) < 4.78 is 54.8.